The molecule has 1 N–H and O–H groups in total. The summed E-state index contributed by atoms with van der Waals surface area (Å²) in [6.45, 7) is 2.00. The van der Waals surface area contributed by atoms with Gasteiger partial charge in [0.15, 0.2) is 0 Å². The van der Waals surface area contributed by atoms with Crippen LogP contribution in [-0.2, 0) is 19.3 Å². The van der Waals surface area contributed by atoms with Crippen molar-refractivity contribution in [3.05, 3.63) is 101 Å². The molecule has 0 aliphatic carbocycles. The molecular formula is C26H22F2N3O2+. The fourth-order valence-corrected chi connectivity index (χ4v) is 4.08. The third-order valence-electron chi connectivity index (χ3n) is 5.81. The average Bonchev–Trinajstić information content (AvgIpc) is 3.41. The summed E-state index contributed by atoms with van der Waals surface area (Å²) in [4.78, 5) is 18.0. The number of halogens is 2. The zero-order valence-electron chi connectivity index (χ0n) is 18.0. The Morgan fingerprint density at radius 2 is 1.73 bits per heavy atom. The molecule has 0 amide bonds. The van der Waals surface area contributed by atoms with Crippen LogP contribution in [0.5, 0.6) is 0 Å². The number of carbonyl (C=O) groups excluding carboxylic acids is 1. The van der Waals surface area contributed by atoms with Crippen LogP contribution in [0.2, 0.25) is 0 Å². The molecule has 1 aliphatic rings. The van der Waals surface area contributed by atoms with E-state index in [1.165, 1.54) is 22.8 Å². The van der Waals surface area contributed by atoms with Crippen molar-refractivity contribution in [3.8, 4) is 11.3 Å². The lowest BCUT2D eigenvalue weighted by Crippen LogP contribution is -2.44. The lowest BCUT2D eigenvalue weighted by molar-refractivity contribution is -0.552. The maximum atomic E-state index is 14.4. The lowest BCUT2D eigenvalue weighted by Gasteiger charge is -2.08. The maximum absolute atomic E-state index is 14.4. The number of furan rings is 1. The van der Waals surface area contributed by atoms with Gasteiger partial charge in [0.05, 0.1) is 6.42 Å². The van der Waals surface area contributed by atoms with Crippen molar-refractivity contribution in [1.29, 1.82) is 0 Å². The van der Waals surface area contributed by atoms with E-state index in [0.717, 1.165) is 17.7 Å². The van der Waals surface area contributed by atoms with Gasteiger partial charge in [-0.3, -0.25) is 5.32 Å². The quantitative estimate of drug-likeness (QED) is 0.435. The summed E-state index contributed by atoms with van der Waals surface area (Å²) in [6, 6.07) is 16.3. The Bertz CT molecular complexity index is 1310. The molecule has 4 aromatic rings. The van der Waals surface area contributed by atoms with Gasteiger partial charge in [-0.05, 0) is 24.3 Å². The molecule has 166 valence electrons. The standard InChI is InChI=1S/C26H21F2N3O2/c1-2-17-11-12-18(33-17)13-23-26(32)31-15-24(16-7-4-3-5-8-16)29-22(25(31)30-23)14-19-20(27)9-6-10-21(19)28/h3-12,15,23H,2,13-14H2,1H3/p+1. The van der Waals surface area contributed by atoms with Crippen molar-refractivity contribution in [3.63, 3.8) is 0 Å². The van der Waals surface area contributed by atoms with Gasteiger partial charge in [0, 0.05) is 24.0 Å². The van der Waals surface area contributed by atoms with Crippen molar-refractivity contribution < 1.29 is 22.6 Å². The number of fused-ring (bicyclic) bond motifs is 1. The van der Waals surface area contributed by atoms with Crippen molar-refractivity contribution in [2.45, 2.75) is 32.2 Å². The minimum Gasteiger partial charge on any atom is -0.466 e. The number of aromatic nitrogens is 2. The molecule has 5 rings (SSSR count). The number of hydrogen-bond acceptors (Lipinski definition) is 4. The first-order chi connectivity index (χ1) is 16.0. The van der Waals surface area contributed by atoms with Crippen molar-refractivity contribution in [2.24, 2.45) is 0 Å². The summed E-state index contributed by atoms with van der Waals surface area (Å²) in [6.07, 6.45) is 2.70. The second-order valence-corrected chi connectivity index (χ2v) is 8.00. The Labute approximate surface area is 189 Å². The average molecular weight is 446 g/mol. The van der Waals surface area contributed by atoms with Gasteiger partial charge in [-0.1, -0.05) is 43.3 Å². The van der Waals surface area contributed by atoms with Crippen LogP contribution in [0.4, 0.5) is 14.6 Å². The molecule has 0 bridgehead atoms. The first-order valence-electron chi connectivity index (χ1n) is 10.9. The molecule has 3 heterocycles. The van der Waals surface area contributed by atoms with Crippen LogP contribution in [0.1, 0.15) is 34.5 Å². The zero-order valence-corrected chi connectivity index (χ0v) is 18.0. The van der Waals surface area contributed by atoms with E-state index < -0.39 is 17.7 Å². The van der Waals surface area contributed by atoms with Gasteiger partial charge in [0.1, 0.15) is 40.7 Å². The van der Waals surface area contributed by atoms with Crippen LogP contribution in [0.25, 0.3) is 11.3 Å². The highest BCUT2D eigenvalue weighted by atomic mass is 19.1. The van der Waals surface area contributed by atoms with Crippen LogP contribution in [0.15, 0.2) is 71.3 Å². The summed E-state index contributed by atoms with van der Waals surface area (Å²) in [5.74, 6) is 0.519. The maximum Gasteiger partial charge on any atom is 0.359 e. The van der Waals surface area contributed by atoms with Gasteiger partial charge in [0.25, 0.3) is 0 Å². The van der Waals surface area contributed by atoms with Gasteiger partial charge in [-0.2, -0.15) is 4.57 Å². The Hall–Kier alpha value is -3.87. The predicted octanol–water partition coefficient (Wildman–Crippen LogP) is 4.74. The Balaban J connectivity index is 1.56. The van der Waals surface area contributed by atoms with Crippen LogP contribution in [0, 0.1) is 11.6 Å². The second kappa shape index (κ2) is 8.58. The monoisotopic (exact) mass is 446 g/mol. The first kappa shape index (κ1) is 21.0. The lowest BCUT2D eigenvalue weighted by atomic mass is 10.1. The molecule has 1 atom stereocenters. The van der Waals surface area contributed by atoms with E-state index in [2.05, 4.69) is 5.32 Å². The Morgan fingerprint density at radius 3 is 2.42 bits per heavy atom. The Morgan fingerprint density at radius 1 is 1.00 bits per heavy atom. The number of aryl methyl sites for hydroxylation is 1. The normalized spacial score (nSPS) is 14.9. The van der Waals surface area contributed by atoms with Crippen LogP contribution >= 0.6 is 0 Å². The zero-order chi connectivity index (χ0) is 22.9. The highest BCUT2D eigenvalue weighted by Gasteiger charge is 2.41. The molecule has 7 heteroatoms. The number of carbonyl (C=O) groups is 1. The predicted molar refractivity (Wildman–Crippen MR) is 119 cm³/mol. The molecule has 0 radical (unpaired) electrons. The summed E-state index contributed by atoms with van der Waals surface area (Å²) >= 11 is 0. The van der Waals surface area contributed by atoms with Crippen LogP contribution in [-0.4, -0.2) is 16.9 Å². The van der Waals surface area contributed by atoms with Crippen molar-refractivity contribution >= 4 is 11.7 Å². The molecule has 0 saturated carbocycles. The smallest absolute Gasteiger partial charge is 0.359 e. The van der Waals surface area contributed by atoms with E-state index in [-0.39, 0.29) is 17.9 Å². The molecule has 2 aromatic carbocycles. The van der Waals surface area contributed by atoms with Gasteiger partial charge < -0.3 is 4.42 Å². The highest BCUT2D eigenvalue weighted by Crippen LogP contribution is 2.26. The van der Waals surface area contributed by atoms with Crippen LogP contribution in [0.3, 0.4) is 0 Å². The second-order valence-electron chi connectivity index (χ2n) is 8.00. The van der Waals surface area contributed by atoms with E-state index in [1.54, 1.807) is 6.20 Å². The van der Waals surface area contributed by atoms with E-state index in [1.807, 2.05) is 49.4 Å². The van der Waals surface area contributed by atoms with Crippen LogP contribution < -0.4 is 9.88 Å². The molecule has 0 fully saturated rings. The number of rotatable bonds is 6. The van der Waals surface area contributed by atoms with E-state index >= 15 is 0 Å². The van der Waals surface area contributed by atoms with E-state index in [0.29, 0.717) is 29.4 Å². The summed E-state index contributed by atoms with van der Waals surface area (Å²) in [5, 5.41) is 3.21. The number of nitrogens with zero attached hydrogens (tertiary/aromatic N) is 2. The SMILES string of the molecule is CCc1ccc(CC2Nc3c(Cc4c(F)cccc4F)nc(-c4ccccc4)c[n+]3C2=O)o1. The fraction of sp³-hybridized carbons (Fsp3) is 0.192. The molecule has 0 saturated heterocycles. The van der Waals surface area contributed by atoms with E-state index in [9.17, 15) is 13.6 Å². The highest BCUT2D eigenvalue weighted by molar-refractivity contribution is 5.82. The molecule has 2 aromatic heterocycles. The third kappa shape index (κ3) is 4.02. The van der Waals surface area contributed by atoms with E-state index in [4.69, 9.17) is 9.40 Å². The van der Waals surface area contributed by atoms with Gasteiger partial charge in [-0.15, -0.1) is 0 Å². The Kier molecular flexibility index (Phi) is 5.46. The van der Waals surface area contributed by atoms with Crippen molar-refractivity contribution in [1.82, 2.24) is 4.98 Å². The molecule has 1 aliphatic heterocycles. The largest absolute Gasteiger partial charge is 0.466 e. The summed E-state index contributed by atoms with van der Waals surface area (Å²) in [7, 11) is 0. The molecule has 1 unspecified atom stereocenters. The minimum atomic E-state index is -0.649. The number of anilines is 1. The third-order valence-corrected chi connectivity index (χ3v) is 5.81. The fourth-order valence-electron chi connectivity index (χ4n) is 4.08. The topological polar surface area (TPSA) is 59.0 Å². The van der Waals surface area contributed by atoms with Gasteiger partial charge in [-0.25, -0.2) is 18.6 Å². The van der Waals surface area contributed by atoms with Gasteiger partial charge in [0.2, 0.25) is 6.04 Å². The first-order valence-corrected chi connectivity index (χ1v) is 10.9. The number of nitrogens with one attached hydrogen (secondary N) is 1. The number of hydrogen-bond donors (Lipinski definition) is 1. The summed E-state index contributed by atoms with van der Waals surface area (Å²) in [5.41, 5.74) is 1.66. The number of benzene rings is 2. The molecule has 0 spiro atoms. The van der Waals surface area contributed by atoms with Gasteiger partial charge >= 0.3 is 11.7 Å². The minimum absolute atomic E-state index is 0.0886. The molecular weight excluding hydrogens is 424 g/mol. The molecule has 5 nitrogen and oxygen atoms in total. The molecule has 33 heavy (non-hydrogen) atoms. The van der Waals surface area contributed by atoms with Crippen molar-refractivity contribution in [2.75, 3.05) is 5.32 Å². The summed E-state index contributed by atoms with van der Waals surface area (Å²) < 4.78 is 36.1.